The molecule has 1 N–H and O–H groups in total. The van der Waals surface area contributed by atoms with Gasteiger partial charge in [0.2, 0.25) is 5.91 Å². The van der Waals surface area contributed by atoms with Crippen molar-refractivity contribution in [3.63, 3.8) is 0 Å². The van der Waals surface area contributed by atoms with Gasteiger partial charge in [0.1, 0.15) is 5.82 Å². The van der Waals surface area contributed by atoms with Crippen LogP contribution in [0, 0.1) is 17.7 Å². The number of likely N-dealkylation sites (tertiary alicyclic amines) is 1. The molecule has 4 nitrogen and oxygen atoms in total. The number of carboxylic acid groups (broad SMARTS) is 1. The fraction of sp³-hybridized carbons (Fsp3) is 0.429. The minimum Gasteiger partial charge on any atom is -0.481 e. The Morgan fingerprint density at radius 2 is 2.16 bits per heavy atom. The van der Waals surface area contributed by atoms with Gasteiger partial charge in [-0.15, -0.1) is 0 Å². The molecule has 1 heterocycles. The molecule has 5 heteroatoms. The molecule has 102 valence electrons. The summed E-state index contributed by atoms with van der Waals surface area (Å²) in [7, 11) is 0. The molecule has 1 fully saturated rings. The van der Waals surface area contributed by atoms with Crippen LogP contribution in [-0.4, -0.2) is 35.0 Å². The molecule has 0 radical (unpaired) electrons. The number of hydrogen-bond acceptors (Lipinski definition) is 2. The highest BCUT2D eigenvalue weighted by atomic mass is 19.1. The SMILES string of the molecule is CC1CN(C(=O)Cc2cccc(F)c2)CC1C(=O)O. The third-order valence-corrected chi connectivity index (χ3v) is 3.53. The average molecular weight is 265 g/mol. The van der Waals surface area contributed by atoms with Crippen molar-refractivity contribution in [3.05, 3.63) is 35.6 Å². The summed E-state index contributed by atoms with van der Waals surface area (Å²) >= 11 is 0. The highest BCUT2D eigenvalue weighted by Crippen LogP contribution is 2.23. The number of hydrogen-bond donors (Lipinski definition) is 1. The second-order valence-corrected chi connectivity index (χ2v) is 5.03. The second kappa shape index (κ2) is 5.38. The van der Waals surface area contributed by atoms with E-state index >= 15 is 0 Å². The van der Waals surface area contributed by atoms with E-state index in [9.17, 15) is 14.0 Å². The Kier molecular flexibility index (Phi) is 3.83. The van der Waals surface area contributed by atoms with Crippen molar-refractivity contribution in [1.82, 2.24) is 4.90 Å². The quantitative estimate of drug-likeness (QED) is 0.902. The lowest BCUT2D eigenvalue weighted by atomic mass is 9.99. The zero-order valence-electron chi connectivity index (χ0n) is 10.7. The van der Waals surface area contributed by atoms with Crippen LogP contribution in [0.4, 0.5) is 4.39 Å². The number of rotatable bonds is 3. The molecule has 2 unspecified atom stereocenters. The first kappa shape index (κ1) is 13.5. The van der Waals surface area contributed by atoms with Crippen LogP contribution in [-0.2, 0) is 16.0 Å². The first-order valence-corrected chi connectivity index (χ1v) is 6.22. The lowest BCUT2D eigenvalue weighted by Crippen LogP contribution is -2.31. The summed E-state index contributed by atoms with van der Waals surface area (Å²) in [6.07, 6.45) is 0.108. The number of nitrogens with zero attached hydrogens (tertiary/aromatic N) is 1. The zero-order chi connectivity index (χ0) is 14.0. The largest absolute Gasteiger partial charge is 0.481 e. The van der Waals surface area contributed by atoms with Crippen LogP contribution >= 0.6 is 0 Å². The Labute approximate surface area is 110 Å². The molecule has 1 aromatic carbocycles. The number of carbonyl (C=O) groups excluding carboxylic acids is 1. The number of carboxylic acids is 1. The predicted molar refractivity (Wildman–Crippen MR) is 67.0 cm³/mol. The molecule has 2 atom stereocenters. The fourth-order valence-electron chi connectivity index (χ4n) is 2.43. The van der Waals surface area contributed by atoms with Crippen LogP contribution in [0.5, 0.6) is 0 Å². The minimum absolute atomic E-state index is 0.0473. The maximum absolute atomic E-state index is 13.0. The molecule has 0 bridgehead atoms. The van der Waals surface area contributed by atoms with E-state index in [4.69, 9.17) is 5.11 Å². The summed E-state index contributed by atoms with van der Waals surface area (Å²) in [5.74, 6) is -1.94. The van der Waals surface area contributed by atoms with Crippen molar-refractivity contribution >= 4 is 11.9 Å². The smallest absolute Gasteiger partial charge is 0.308 e. The molecule has 0 aromatic heterocycles. The van der Waals surface area contributed by atoms with Crippen molar-refractivity contribution in [3.8, 4) is 0 Å². The van der Waals surface area contributed by atoms with Crippen LogP contribution in [0.1, 0.15) is 12.5 Å². The Balaban J connectivity index is 2.00. The number of aliphatic carboxylic acids is 1. The van der Waals surface area contributed by atoms with E-state index in [-0.39, 0.29) is 30.6 Å². The molecule has 1 aromatic rings. The summed E-state index contributed by atoms with van der Waals surface area (Å²) in [4.78, 5) is 24.6. The van der Waals surface area contributed by atoms with Gasteiger partial charge in [0.25, 0.3) is 0 Å². The van der Waals surface area contributed by atoms with E-state index in [1.54, 1.807) is 17.0 Å². The maximum Gasteiger partial charge on any atom is 0.308 e. The van der Waals surface area contributed by atoms with E-state index < -0.39 is 11.9 Å². The van der Waals surface area contributed by atoms with E-state index in [1.807, 2.05) is 6.92 Å². The molecule has 1 saturated heterocycles. The third-order valence-electron chi connectivity index (χ3n) is 3.53. The minimum atomic E-state index is -0.867. The van der Waals surface area contributed by atoms with Crippen molar-refractivity contribution in [2.45, 2.75) is 13.3 Å². The van der Waals surface area contributed by atoms with Gasteiger partial charge < -0.3 is 10.0 Å². The van der Waals surface area contributed by atoms with Gasteiger partial charge in [0.05, 0.1) is 12.3 Å². The zero-order valence-corrected chi connectivity index (χ0v) is 10.7. The molecule has 1 amide bonds. The number of amides is 1. The summed E-state index contributed by atoms with van der Waals surface area (Å²) in [6.45, 7) is 2.52. The Hall–Kier alpha value is -1.91. The van der Waals surface area contributed by atoms with Crippen molar-refractivity contribution < 1.29 is 19.1 Å². The van der Waals surface area contributed by atoms with E-state index in [2.05, 4.69) is 0 Å². The molecule has 0 spiro atoms. The molecule has 1 aliphatic heterocycles. The van der Waals surface area contributed by atoms with Crippen LogP contribution in [0.25, 0.3) is 0 Å². The Morgan fingerprint density at radius 3 is 2.74 bits per heavy atom. The van der Waals surface area contributed by atoms with Gasteiger partial charge in [-0.3, -0.25) is 9.59 Å². The molecular formula is C14H16FNO3. The van der Waals surface area contributed by atoms with E-state index in [1.165, 1.54) is 12.1 Å². The average Bonchev–Trinajstić information content (AvgIpc) is 2.71. The molecule has 0 aliphatic carbocycles. The molecule has 0 saturated carbocycles. The van der Waals surface area contributed by atoms with Gasteiger partial charge >= 0.3 is 5.97 Å². The van der Waals surface area contributed by atoms with Crippen LogP contribution in [0.15, 0.2) is 24.3 Å². The summed E-state index contributed by atoms with van der Waals surface area (Å²) in [5.41, 5.74) is 0.608. The highest BCUT2D eigenvalue weighted by Gasteiger charge is 2.36. The topological polar surface area (TPSA) is 57.6 Å². The molecule has 19 heavy (non-hydrogen) atoms. The number of carbonyl (C=O) groups is 2. The van der Waals surface area contributed by atoms with Crippen LogP contribution < -0.4 is 0 Å². The standard InChI is InChI=1S/C14H16FNO3/c1-9-7-16(8-12(9)14(18)19)13(17)6-10-3-2-4-11(15)5-10/h2-5,9,12H,6-8H2,1H3,(H,18,19). The summed E-state index contributed by atoms with van der Waals surface area (Å²) in [5, 5.41) is 9.02. The predicted octanol–water partition coefficient (Wildman–Crippen LogP) is 1.55. The van der Waals surface area contributed by atoms with E-state index in [0.29, 0.717) is 12.1 Å². The van der Waals surface area contributed by atoms with Gasteiger partial charge in [0, 0.05) is 13.1 Å². The fourth-order valence-corrected chi connectivity index (χ4v) is 2.43. The van der Waals surface area contributed by atoms with Crippen molar-refractivity contribution in [2.24, 2.45) is 11.8 Å². The van der Waals surface area contributed by atoms with E-state index in [0.717, 1.165) is 0 Å². The number of halogens is 1. The van der Waals surface area contributed by atoms with Gasteiger partial charge in [-0.25, -0.2) is 4.39 Å². The normalized spacial score (nSPS) is 22.5. The van der Waals surface area contributed by atoms with Gasteiger partial charge in [-0.05, 0) is 23.6 Å². The lowest BCUT2D eigenvalue weighted by molar-refractivity contribution is -0.142. The molecule has 1 aliphatic rings. The first-order valence-electron chi connectivity index (χ1n) is 6.22. The number of benzene rings is 1. The highest BCUT2D eigenvalue weighted by molar-refractivity contribution is 5.80. The summed E-state index contributed by atoms with van der Waals surface area (Å²) in [6, 6.07) is 5.90. The monoisotopic (exact) mass is 265 g/mol. The Bertz CT molecular complexity index is 503. The third kappa shape index (κ3) is 3.10. The van der Waals surface area contributed by atoms with Gasteiger partial charge in [-0.2, -0.15) is 0 Å². The maximum atomic E-state index is 13.0. The van der Waals surface area contributed by atoms with Crippen molar-refractivity contribution in [2.75, 3.05) is 13.1 Å². The first-order chi connectivity index (χ1) is 8.97. The second-order valence-electron chi connectivity index (χ2n) is 5.03. The molecule has 2 rings (SSSR count). The summed E-state index contributed by atoms with van der Waals surface area (Å²) < 4.78 is 13.0. The Morgan fingerprint density at radius 1 is 1.42 bits per heavy atom. The molecular weight excluding hydrogens is 249 g/mol. The van der Waals surface area contributed by atoms with Crippen LogP contribution in [0.3, 0.4) is 0 Å². The van der Waals surface area contributed by atoms with Gasteiger partial charge in [0.15, 0.2) is 0 Å². The van der Waals surface area contributed by atoms with Gasteiger partial charge in [-0.1, -0.05) is 19.1 Å². The lowest BCUT2D eigenvalue weighted by Gasteiger charge is -2.15. The van der Waals surface area contributed by atoms with Crippen LogP contribution in [0.2, 0.25) is 0 Å². The van der Waals surface area contributed by atoms with Crippen molar-refractivity contribution in [1.29, 1.82) is 0 Å².